The molecule has 3 aromatic carbocycles. The standard InChI is InChI=1S/C29H23F5N6O4S/c1-17-3-12-22(28(2,30)31)23(13-17)40-24(41)15-45-27(40)36-26(42)38-43-14-18-4-6-19(7-5-18)25-35-16-39(37-25)20-8-10-21(11-9-20)44-29(32,33)34/h3-13,16H,14-15H2,1-2H3,(H,38,42). The number of hydrogen-bond acceptors (Lipinski definition) is 7. The van der Waals surface area contributed by atoms with Crippen molar-refractivity contribution in [3.8, 4) is 22.8 Å². The van der Waals surface area contributed by atoms with Crippen LogP contribution in [0.2, 0.25) is 0 Å². The first-order valence-electron chi connectivity index (χ1n) is 13.1. The summed E-state index contributed by atoms with van der Waals surface area (Å²) in [6, 6.07) is 15.2. The molecule has 0 bridgehead atoms. The van der Waals surface area contributed by atoms with Gasteiger partial charge in [-0.2, -0.15) is 4.99 Å². The Labute approximate surface area is 256 Å². The minimum Gasteiger partial charge on any atom is -0.406 e. The van der Waals surface area contributed by atoms with Crippen LogP contribution in [0.25, 0.3) is 17.1 Å². The molecule has 10 nitrogen and oxygen atoms in total. The highest BCUT2D eigenvalue weighted by Gasteiger charge is 2.37. The lowest BCUT2D eigenvalue weighted by molar-refractivity contribution is -0.274. The summed E-state index contributed by atoms with van der Waals surface area (Å²) in [5, 5.41) is 4.29. The molecule has 1 aliphatic heterocycles. The second kappa shape index (κ2) is 12.6. The van der Waals surface area contributed by atoms with Gasteiger partial charge in [0.15, 0.2) is 11.0 Å². The smallest absolute Gasteiger partial charge is 0.406 e. The van der Waals surface area contributed by atoms with Gasteiger partial charge < -0.3 is 4.74 Å². The summed E-state index contributed by atoms with van der Waals surface area (Å²) >= 11 is 0.944. The van der Waals surface area contributed by atoms with Crippen molar-refractivity contribution in [3.63, 3.8) is 0 Å². The molecule has 0 aliphatic carbocycles. The third-order valence-corrected chi connectivity index (χ3v) is 7.19. The Kier molecular flexibility index (Phi) is 8.88. The first-order chi connectivity index (χ1) is 21.3. The number of urea groups is 1. The maximum Gasteiger partial charge on any atom is 0.573 e. The summed E-state index contributed by atoms with van der Waals surface area (Å²) in [6.07, 6.45) is -3.38. The van der Waals surface area contributed by atoms with E-state index in [-0.39, 0.29) is 34.5 Å². The molecule has 0 unspecified atom stereocenters. The van der Waals surface area contributed by atoms with Gasteiger partial charge in [-0.15, -0.1) is 18.3 Å². The molecule has 1 aromatic heterocycles. The fraction of sp³-hybridized carbons (Fsp3) is 0.207. The van der Waals surface area contributed by atoms with E-state index in [2.05, 4.69) is 25.3 Å². The molecular weight excluding hydrogens is 623 g/mol. The number of aliphatic imine (C=N–C) groups is 1. The normalized spacial score (nSPS) is 14.7. The van der Waals surface area contributed by atoms with Crippen LogP contribution in [0, 0.1) is 6.92 Å². The Balaban J connectivity index is 1.18. The number of carbonyl (C=O) groups excluding carboxylic acids is 2. The van der Waals surface area contributed by atoms with Gasteiger partial charge in [-0.05, 0) is 48.4 Å². The number of nitrogens with zero attached hydrogens (tertiary/aromatic N) is 5. The molecule has 4 aromatic rings. The fourth-order valence-corrected chi connectivity index (χ4v) is 5.10. The second-order valence-electron chi connectivity index (χ2n) is 9.77. The third kappa shape index (κ3) is 7.82. The number of thioether (sulfide) groups is 1. The van der Waals surface area contributed by atoms with Crippen LogP contribution in [0.15, 0.2) is 78.0 Å². The topological polar surface area (TPSA) is 111 Å². The zero-order valence-electron chi connectivity index (χ0n) is 23.5. The number of nitrogens with one attached hydrogen (secondary N) is 1. The van der Waals surface area contributed by atoms with Crippen molar-refractivity contribution >= 4 is 34.6 Å². The highest BCUT2D eigenvalue weighted by Crippen LogP contribution is 2.38. The second-order valence-corrected chi connectivity index (χ2v) is 10.7. The van der Waals surface area contributed by atoms with E-state index in [0.29, 0.717) is 28.2 Å². The summed E-state index contributed by atoms with van der Waals surface area (Å²) in [6.45, 7) is 2.38. The van der Waals surface area contributed by atoms with Gasteiger partial charge in [0.1, 0.15) is 12.1 Å². The predicted octanol–water partition coefficient (Wildman–Crippen LogP) is 6.53. The summed E-state index contributed by atoms with van der Waals surface area (Å²) in [5.41, 5.74) is 4.17. The Bertz CT molecular complexity index is 1740. The van der Waals surface area contributed by atoms with Crippen LogP contribution in [-0.2, 0) is 22.2 Å². The molecule has 3 amide bonds. The van der Waals surface area contributed by atoms with E-state index in [1.54, 1.807) is 31.2 Å². The van der Waals surface area contributed by atoms with Gasteiger partial charge in [0.25, 0.3) is 5.92 Å². The van der Waals surface area contributed by atoms with Crippen molar-refractivity contribution in [1.29, 1.82) is 0 Å². The van der Waals surface area contributed by atoms with Crippen LogP contribution < -0.4 is 15.1 Å². The van der Waals surface area contributed by atoms with Crippen molar-refractivity contribution in [2.45, 2.75) is 32.7 Å². The lowest BCUT2D eigenvalue weighted by Gasteiger charge is -2.23. The van der Waals surface area contributed by atoms with Crippen LogP contribution in [0.1, 0.15) is 23.6 Å². The van der Waals surface area contributed by atoms with Crippen LogP contribution in [0.4, 0.5) is 32.4 Å². The highest BCUT2D eigenvalue weighted by molar-refractivity contribution is 8.15. The number of anilines is 1. The number of carbonyl (C=O) groups is 2. The molecule has 234 valence electrons. The van der Waals surface area contributed by atoms with E-state index < -0.39 is 24.2 Å². The maximum absolute atomic E-state index is 14.3. The van der Waals surface area contributed by atoms with Crippen molar-refractivity contribution in [3.05, 3.63) is 89.7 Å². The van der Waals surface area contributed by atoms with E-state index in [0.717, 1.165) is 23.6 Å². The van der Waals surface area contributed by atoms with Crippen LogP contribution >= 0.6 is 11.8 Å². The molecular formula is C29H23F5N6O4S. The van der Waals surface area contributed by atoms with Crippen molar-refractivity contribution in [2.75, 3.05) is 10.7 Å². The van der Waals surface area contributed by atoms with E-state index in [9.17, 15) is 31.5 Å². The van der Waals surface area contributed by atoms with Crippen molar-refractivity contribution in [2.24, 2.45) is 4.99 Å². The predicted molar refractivity (Wildman–Crippen MR) is 155 cm³/mol. The number of hydroxylamine groups is 1. The van der Waals surface area contributed by atoms with Crippen molar-refractivity contribution < 1.29 is 41.1 Å². The molecule has 1 saturated heterocycles. The van der Waals surface area contributed by atoms with Crippen LogP contribution in [0.3, 0.4) is 0 Å². The summed E-state index contributed by atoms with van der Waals surface area (Å²) in [4.78, 5) is 39.4. The number of aromatic nitrogens is 3. The van der Waals surface area contributed by atoms with E-state index in [1.165, 1.54) is 53.5 Å². The maximum atomic E-state index is 14.3. The van der Waals surface area contributed by atoms with Gasteiger partial charge in [0.05, 0.1) is 23.7 Å². The molecule has 5 rings (SSSR count). The average molecular weight is 647 g/mol. The number of alkyl halides is 5. The summed E-state index contributed by atoms with van der Waals surface area (Å²) in [5.74, 6) is -3.80. The Morgan fingerprint density at radius 3 is 2.42 bits per heavy atom. The van der Waals surface area contributed by atoms with E-state index in [1.807, 2.05) is 0 Å². The molecule has 45 heavy (non-hydrogen) atoms. The first-order valence-corrected chi connectivity index (χ1v) is 14.1. The molecule has 0 atom stereocenters. The van der Waals surface area contributed by atoms with Crippen LogP contribution in [0.5, 0.6) is 5.75 Å². The summed E-state index contributed by atoms with van der Waals surface area (Å²) in [7, 11) is 0. The fourth-order valence-electron chi connectivity index (χ4n) is 4.24. The molecule has 1 aliphatic rings. The zero-order valence-corrected chi connectivity index (χ0v) is 24.3. The average Bonchev–Trinajstić information content (AvgIpc) is 3.59. The number of benzene rings is 3. The van der Waals surface area contributed by atoms with Gasteiger partial charge in [-0.1, -0.05) is 48.2 Å². The molecule has 1 N–H and O–H groups in total. The number of aryl methyl sites for hydroxylation is 1. The van der Waals surface area contributed by atoms with E-state index in [4.69, 9.17) is 4.84 Å². The number of rotatable bonds is 8. The van der Waals surface area contributed by atoms with Gasteiger partial charge in [0.2, 0.25) is 5.91 Å². The Hall–Kier alpha value is -4.83. The van der Waals surface area contributed by atoms with Crippen molar-refractivity contribution in [1.82, 2.24) is 20.2 Å². The molecule has 16 heteroatoms. The minimum absolute atomic E-state index is 0.0437. The molecule has 0 saturated carbocycles. The summed E-state index contributed by atoms with van der Waals surface area (Å²) < 4.78 is 70.9. The number of ether oxygens (including phenoxy) is 1. The lowest BCUT2D eigenvalue weighted by Crippen LogP contribution is -2.33. The molecule has 0 spiro atoms. The van der Waals surface area contributed by atoms with Gasteiger partial charge >= 0.3 is 12.4 Å². The first kappa shape index (κ1) is 31.6. The quantitative estimate of drug-likeness (QED) is 0.171. The Morgan fingerprint density at radius 1 is 1.04 bits per heavy atom. The number of halogens is 5. The SMILES string of the molecule is Cc1ccc(C(C)(F)F)c(N2C(=O)CSC2=NC(=O)NOCc2ccc(-c3ncn(-c4ccc(OC(F)(F)F)cc4)n3)cc2)c1. The minimum atomic E-state index is -4.79. The largest absolute Gasteiger partial charge is 0.573 e. The number of hydrogen-bond donors (Lipinski definition) is 1. The molecule has 0 radical (unpaired) electrons. The number of amides is 3. The third-order valence-electron chi connectivity index (χ3n) is 6.27. The monoisotopic (exact) mass is 646 g/mol. The molecule has 2 heterocycles. The molecule has 1 fully saturated rings. The number of amidine groups is 1. The van der Waals surface area contributed by atoms with Gasteiger partial charge in [0, 0.05) is 18.1 Å². The van der Waals surface area contributed by atoms with Crippen LogP contribution in [-0.4, -0.2) is 44.0 Å². The van der Waals surface area contributed by atoms with Gasteiger partial charge in [-0.25, -0.2) is 28.7 Å². The van der Waals surface area contributed by atoms with Gasteiger partial charge in [-0.3, -0.25) is 14.5 Å². The highest BCUT2D eigenvalue weighted by atomic mass is 32.2. The Morgan fingerprint density at radius 2 is 1.76 bits per heavy atom. The van der Waals surface area contributed by atoms with E-state index >= 15 is 0 Å². The lowest BCUT2D eigenvalue weighted by atomic mass is 10.0. The zero-order chi connectivity index (χ0) is 32.4.